The van der Waals surface area contributed by atoms with Crippen molar-refractivity contribution in [3.8, 4) is 0 Å². The minimum Gasteiger partial charge on any atom is -0.399 e. The number of nitrogens with zero attached hydrogens (tertiary/aromatic N) is 2. The van der Waals surface area contributed by atoms with Gasteiger partial charge in [-0.25, -0.2) is 9.37 Å². The van der Waals surface area contributed by atoms with E-state index in [-0.39, 0.29) is 5.82 Å². The van der Waals surface area contributed by atoms with E-state index in [9.17, 15) is 4.39 Å². The van der Waals surface area contributed by atoms with Crippen LogP contribution in [0.3, 0.4) is 0 Å². The van der Waals surface area contributed by atoms with Crippen LogP contribution in [0.5, 0.6) is 0 Å². The average molecular weight is 474 g/mol. The second-order valence-electron chi connectivity index (χ2n) is 9.83. The molecule has 0 spiro atoms. The number of halogens is 1. The number of aromatic nitrogens is 2. The van der Waals surface area contributed by atoms with Gasteiger partial charge >= 0.3 is 7.12 Å². The lowest BCUT2D eigenvalue weighted by Gasteiger charge is -2.32. The van der Waals surface area contributed by atoms with E-state index in [0.717, 1.165) is 27.1 Å². The van der Waals surface area contributed by atoms with E-state index in [2.05, 4.69) is 41.2 Å². The summed E-state index contributed by atoms with van der Waals surface area (Å²) >= 11 is 1.59. The summed E-state index contributed by atoms with van der Waals surface area (Å²) in [5, 5.41) is 0.951. The molecule has 4 aromatic rings. The van der Waals surface area contributed by atoms with Crippen LogP contribution < -0.4 is 5.46 Å². The van der Waals surface area contributed by atoms with Crippen LogP contribution in [0.1, 0.15) is 44.5 Å². The maximum Gasteiger partial charge on any atom is 0.495 e. The summed E-state index contributed by atoms with van der Waals surface area (Å²) in [6.45, 7) is 10.3. The van der Waals surface area contributed by atoms with Gasteiger partial charge in [0.1, 0.15) is 11.5 Å². The van der Waals surface area contributed by atoms with Crippen LogP contribution >= 0.6 is 11.9 Å². The summed E-state index contributed by atoms with van der Waals surface area (Å²) in [5.74, 6) is -0.209. The largest absolute Gasteiger partial charge is 0.495 e. The lowest BCUT2D eigenvalue weighted by atomic mass is 9.78. The summed E-state index contributed by atoms with van der Waals surface area (Å²) < 4.78 is 29.4. The quantitative estimate of drug-likeness (QED) is 0.336. The zero-order valence-corrected chi connectivity index (χ0v) is 20.9. The van der Waals surface area contributed by atoms with Crippen LogP contribution in [-0.2, 0) is 15.7 Å². The Labute approximate surface area is 204 Å². The number of fused-ring (bicyclic) bond motifs is 1. The van der Waals surface area contributed by atoms with Gasteiger partial charge in [0.2, 0.25) is 0 Å². The molecule has 0 saturated carbocycles. The molecular weight excluding hydrogens is 446 g/mol. The number of hydrogen-bond acceptors (Lipinski definition) is 4. The van der Waals surface area contributed by atoms with E-state index in [1.807, 2.05) is 45.9 Å². The van der Waals surface area contributed by atoms with Gasteiger partial charge in [-0.15, -0.1) is 0 Å². The highest BCUT2D eigenvalue weighted by molar-refractivity contribution is 7.98. The minimum atomic E-state index is -0.503. The van der Waals surface area contributed by atoms with Gasteiger partial charge < -0.3 is 9.31 Å². The number of benzene rings is 2. The molecule has 2 aromatic carbocycles. The first-order valence-electron chi connectivity index (χ1n) is 11.5. The molecule has 5 rings (SSSR count). The van der Waals surface area contributed by atoms with E-state index >= 15 is 0 Å². The first kappa shape index (κ1) is 23.2. The SMILES string of the molecule is Cc1ccc(Sn2c(Cc3ccccc3F)cc3c(B4OC(C)(C)C(C)(C)O4)ccnc32)cc1. The molecule has 0 aliphatic carbocycles. The molecule has 34 heavy (non-hydrogen) atoms. The van der Waals surface area contributed by atoms with Crippen molar-refractivity contribution >= 4 is 35.6 Å². The molecule has 0 bridgehead atoms. The van der Waals surface area contributed by atoms with Crippen molar-refractivity contribution in [3.63, 3.8) is 0 Å². The molecule has 1 saturated heterocycles. The van der Waals surface area contributed by atoms with E-state index < -0.39 is 18.3 Å². The first-order valence-corrected chi connectivity index (χ1v) is 12.3. The molecular formula is C27H28BFN2O2S. The number of rotatable bonds is 5. The maximum absolute atomic E-state index is 14.6. The Bertz CT molecular complexity index is 1330. The maximum atomic E-state index is 14.6. The molecule has 3 heterocycles. The normalized spacial score (nSPS) is 16.9. The zero-order valence-electron chi connectivity index (χ0n) is 20.1. The van der Waals surface area contributed by atoms with Crippen LogP contribution in [0.4, 0.5) is 4.39 Å². The zero-order chi connectivity index (χ0) is 24.1. The number of aryl methyl sites for hydroxylation is 1. The Hall–Kier alpha value is -2.61. The minimum absolute atomic E-state index is 0.209. The second-order valence-corrected chi connectivity index (χ2v) is 10.8. The molecule has 174 valence electrons. The predicted molar refractivity (Wildman–Crippen MR) is 137 cm³/mol. The van der Waals surface area contributed by atoms with Gasteiger partial charge in [0.05, 0.1) is 11.2 Å². The molecule has 0 amide bonds. The summed E-state index contributed by atoms with van der Waals surface area (Å²) in [4.78, 5) is 5.81. The summed E-state index contributed by atoms with van der Waals surface area (Å²) in [5.41, 5.74) is 3.67. The van der Waals surface area contributed by atoms with Crippen molar-refractivity contribution < 1.29 is 13.7 Å². The number of hydrogen-bond donors (Lipinski definition) is 0. The predicted octanol–water partition coefficient (Wildman–Crippen LogP) is 5.93. The average Bonchev–Trinajstić information content (AvgIpc) is 3.23. The van der Waals surface area contributed by atoms with Gasteiger partial charge in [-0.3, -0.25) is 3.97 Å². The van der Waals surface area contributed by atoms with Crippen molar-refractivity contribution in [2.45, 2.75) is 57.1 Å². The van der Waals surface area contributed by atoms with Crippen LogP contribution in [0.15, 0.2) is 71.8 Å². The van der Waals surface area contributed by atoms with E-state index in [1.165, 1.54) is 11.6 Å². The van der Waals surface area contributed by atoms with Gasteiger partial charge in [0.25, 0.3) is 0 Å². The van der Waals surface area contributed by atoms with Gasteiger partial charge in [-0.2, -0.15) is 0 Å². The van der Waals surface area contributed by atoms with Crippen molar-refractivity contribution in [2.24, 2.45) is 0 Å². The van der Waals surface area contributed by atoms with Crippen molar-refractivity contribution in [1.82, 2.24) is 8.96 Å². The van der Waals surface area contributed by atoms with Gasteiger partial charge in [0.15, 0.2) is 0 Å². The monoisotopic (exact) mass is 474 g/mol. The Balaban J connectivity index is 1.62. The highest BCUT2D eigenvalue weighted by atomic mass is 32.2. The lowest BCUT2D eigenvalue weighted by molar-refractivity contribution is 0.00578. The van der Waals surface area contributed by atoms with Crippen molar-refractivity contribution in [3.05, 3.63) is 89.5 Å². The molecule has 0 atom stereocenters. The molecule has 1 aliphatic rings. The highest BCUT2D eigenvalue weighted by Gasteiger charge is 2.52. The topological polar surface area (TPSA) is 36.3 Å². The van der Waals surface area contributed by atoms with Crippen LogP contribution in [0.2, 0.25) is 0 Å². The second kappa shape index (κ2) is 8.56. The molecule has 1 fully saturated rings. The molecule has 2 aromatic heterocycles. The molecule has 7 heteroatoms. The van der Waals surface area contributed by atoms with Gasteiger partial charge in [-0.05, 0) is 87.9 Å². The third-order valence-corrected chi connectivity index (χ3v) is 7.89. The molecule has 4 nitrogen and oxygen atoms in total. The van der Waals surface area contributed by atoms with Gasteiger partial charge in [-0.1, -0.05) is 35.9 Å². The molecule has 0 unspecified atom stereocenters. The first-order chi connectivity index (χ1) is 16.1. The Kier molecular flexibility index (Phi) is 5.83. The summed E-state index contributed by atoms with van der Waals surface area (Å²) in [6.07, 6.45) is 2.24. The third-order valence-electron chi connectivity index (χ3n) is 6.82. The van der Waals surface area contributed by atoms with Crippen molar-refractivity contribution in [1.29, 1.82) is 0 Å². The summed E-state index contributed by atoms with van der Waals surface area (Å²) in [6, 6.07) is 19.3. The third kappa shape index (κ3) is 4.17. The van der Waals surface area contributed by atoms with E-state index in [4.69, 9.17) is 14.3 Å². The van der Waals surface area contributed by atoms with Crippen LogP contribution in [0.25, 0.3) is 11.0 Å². The van der Waals surface area contributed by atoms with E-state index in [1.54, 1.807) is 24.2 Å². The number of pyridine rings is 1. The fraction of sp³-hybridized carbons (Fsp3) is 0.296. The van der Waals surface area contributed by atoms with E-state index in [0.29, 0.717) is 12.0 Å². The molecule has 0 N–H and O–H groups in total. The van der Waals surface area contributed by atoms with Crippen LogP contribution in [0, 0.1) is 12.7 Å². The fourth-order valence-corrected chi connectivity index (χ4v) is 5.02. The lowest BCUT2D eigenvalue weighted by Crippen LogP contribution is -2.41. The molecule has 0 radical (unpaired) electrons. The summed E-state index contributed by atoms with van der Waals surface area (Å²) in [7, 11) is -0.503. The van der Waals surface area contributed by atoms with Gasteiger partial charge in [0, 0.05) is 28.6 Å². The van der Waals surface area contributed by atoms with Crippen molar-refractivity contribution in [2.75, 3.05) is 0 Å². The fourth-order valence-electron chi connectivity index (χ4n) is 4.09. The standard InChI is InChI=1S/C27H28BFN2O2S/c1-18-10-12-21(13-11-18)34-31-20(16-19-8-6-7-9-24(19)29)17-22-23(14-15-30-25(22)31)28-32-26(2,3)27(4,5)33-28/h6-15,17H,16H2,1-5H3. The Morgan fingerprint density at radius 1 is 0.971 bits per heavy atom. The molecule has 1 aliphatic heterocycles. The Morgan fingerprint density at radius 2 is 1.65 bits per heavy atom. The smallest absolute Gasteiger partial charge is 0.399 e. The Morgan fingerprint density at radius 3 is 2.32 bits per heavy atom. The highest BCUT2D eigenvalue weighted by Crippen LogP contribution is 2.37. The van der Waals surface area contributed by atoms with Crippen LogP contribution in [-0.4, -0.2) is 27.3 Å².